The summed E-state index contributed by atoms with van der Waals surface area (Å²) in [6, 6.07) is 0.355. The monoisotopic (exact) mass is 224 g/mol. The van der Waals surface area contributed by atoms with Crippen LogP contribution in [0.2, 0.25) is 0 Å². The van der Waals surface area contributed by atoms with Crippen LogP contribution in [0, 0.1) is 11.3 Å². The minimum Gasteiger partial charge on any atom is -0.352 e. The molecule has 1 amide bonds. The zero-order valence-corrected chi connectivity index (χ0v) is 10.7. The van der Waals surface area contributed by atoms with Crippen molar-refractivity contribution in [1.29, 1.82) is 0 Å². The standard InChI is InChI=1S/C13H24N2O/c1-9-8-13(9)6-4-10(5-7-13)15-11(16)12(2,3)14/h9-10H,4-8,14H2,1-3H3,(H,15,16). The second-order valence-electron chi connectivity index (χ2n) is 6.44. The zero-order chi connectivity index (χ0) is 12.0. The first-order chi connectivity index (χ1) is 7.33. The summed E-state index contributed by atoms with van der Waals surface area (Å²) in [5.41, 5.74) is 5.68. The number of nitrogens with two attached hydrogens (primary N) is 1. The van der Waals surface area contributed by atoms with E-state index in [1.807, 2.05) is 0 Å². The molecule has 16 heavy (non-hydrogen) atoms. The lowest BCUT2D eigenvalue weighted by Gasteiger charge is -2.31. The van der Waals surface area contributed by atoms with Crippen molar-refractivity contribution in [2.45, 2.75) is 64.5 Å². The van der Waals surface area contributed by atoms with E-state index in [2.05, 4.69) is 12.2 Å². The SMILES string of the molecule is CC1CC12CCC(NC(=O)C(C)(C)N)CC2. The van der Waals surface area contributed by atoms with Crippen LogP contribution in [0.15, 0.2) is 0 Å². The van der Waals surface area contributed by atoms with E-state index in [1.54, 1.807) is 13.8 Å². The second kappa shape index (κ2) is 3.73. The van der Waals surface area contributed by atoms with Crippen molar-refractivity contribution in [2.24, 2.45) is 17.1 Å². The Bertz CT molecular complexity index is 285. The van der Waals surface area contributed by atoms with E-state index in [0.717, 1.165) is 18.8 Å². The fourth-order valence-corrected chi connectivity index (χ4v) is 2.96. The molecule has 0 aliphatic heterocycles. The van der Waals surface area contributed by atoms with Gasteiger partial charge in [-0.25, -0.2) is 0 Å². The van der Waals surface area contributed by atoms with Crippen molar-refractivity contribution < 1.29 is 4.79 Å². The van der Waals surface area contributed by atoms with Crippen LogP contribution in [0.5, 0.6) is 0 Å². The average molecular weight is 224 g/mol. The molecule has 3 N–H and O–H groups in total. The van der Waals surface area contributed by atoms with Crippen molar-refractivity contribution >= 4 is 5.91 Å². The molecule has 0 aromatic rings. The van der Waals surface area contributed by atoms with Crippen LogP contribution in [-0.2, 0) is 4.79 Å². The summed E-state index contributed by atoms with van der Waals surface area (Å²) in [5.74, 6) is 0.896. The molecule has 1 spiro atoms. The van der Waals surface area contributed by atoms with E-state index < -0.39 is 5.54 Å². The molecule has 2 rings (SSSR count). The first-order valence-corrected chi connectivity index (χ1v) is 6.43. The highest BCUT2D eigenvalue weighted by Gasteiger charge is 2.52. The molecule has 0 bridgehead atoms. The summed E-state index contributed by atoms with van der Waals surface area (Å²) < 4.78 is 0. The molecule has 92 valence electrons. The van der Waals surface area contributed by atoms with Crippen LogP contribution in [-0.4, -0.2) is 17.5 Å². The molecule has 1 unspecified atom stereocenters. The minimum absolute atomic E-state index is 0.0164. The van der Waals surface area contributed by atoms with E-state index in [9.17, 15) is 4.79 Å². The lowest BCUT2D eigenvalue weighted by Crippen LogP contribution is -2.52. The summed E-state index contributed by atoms with van der Waals surface area (Å²) in [6.07, 6.45) is 6.22. The van der Waals surface area contributed by atoms with Gasteiger partial charge in [-0.3, -0.25) is 4.79 Å². The van der Waals surface area contributed by atoms with Gasteiger partial charge in [-0.15, -0.1) is 0 Å². The molecule has 0 aromatic carbocycles. The van der Waals surface area contributed by atoms with Crippen LogP contribution < -0.4 is 11.1 Å². The number of carbonyl (C=O) groups excluding carboxylic acids is 1. The maximum absolute atomic E-state index is 11.7. The normalized spacial score (nSPS) is 38.5. The van der Waals surface area contributed by atoms with Gasteiger partial charge in [0.2, 0.25) is 5.91 Å². The molecular weight excluding hydrogens is 200 g/mol. The van der Waals surface area contributed by atoms with Gasteiger partial charge >= 0.3 is 0 Å². The molecule has 1 atom stereocenters. The minimum atomic E-state index is -0.748. The first-order valence-electron chi connectivity index (χ1n) is 6.43. The fourth-order valence-electron chi connectivity index (χ4n) is 2.96. The molecule has 2 aliphatic rings. The molecule has 0 radical (unpaired) electrons. The molecular formula is C13H24N2O. The maximum Gasteiger partial charge on any atom is 0.239 e. The highest BCUT2D eigenvalue weighted by molar-refractivity contribution is 5.85. The predicted octanol–water partition coefficient (Wildman–Crippen LogP) is 1.81. The summed E-state index contributed by atoms with van der Waals surface area (Å²) in [5, 5.41) is 3.08. The van der Waals surface area contributed by atoms with Crippen molar-refractivity contribution in [2.75, 3.05) is 0 Å². The van der Waals surface area contributed by atoms with Gasteiger partial charge in [0.25, 0.3) is 0 Å². The Balaban J connectivity index is 1.80. The fraction of sp³-hybridized carbons (Fsp3) is 0.923. The Morgan fingerprint density at radius 1 is 1.38 bits per heavy atom. The van der Waals surface area contributed by atoms with Crippen molar-refractivity contribution in [3.8, 4) is 0 Å². The van der Waals surface area contributed by atoms with Gasteiger partial charge in [0.05, 0.1) is 5.54 Å². The van der Waals surface area contributed by atoms with Crippen LogP contribution in [0.3, 0.4) is 0 Å². The number of carbonyl (C=O) groups is 1. The third-order valence-corrected chi connectivity index (χ3v) is 4.50. The first kappa shape index (κ1) is 11.9. The molecule has 0 heterocycles. The Morgan fingerprint density at radius 3 is 2.25 bits per heavy atom. The van der Waals surface area contributed by atoms with E-state index in [-0.39, 0.29) is 5.91 Å². The predicted molar refractivity (Wildman–Crippen MR) is 64.9 cm³/mol. The summed E-state index contributed by atoms with van der Waals surface area (Å²) in [4.78, 5) is 11.7. The van der Waals surface area contributed by atoms with Crippen LogP contribution >= 0.6 is 0 Å². The summed E-state index contributed by atoms with van der Waals surface area (Å²) in [6.45, 7) is 5.87. The lowest BCUT2D eigenvalue weighted by atomic mass is 9.81. The lowest BCUT2D eigenvalue weighted by molar-refractivity contribution is -0.126. The highest BCUT2D eigenvalue weighted by Crippen LogP contribution is 2.60. The second-order valence-corrected chi connectivity index (χ2v) is 6.44. The molecule has 0 aromatic heterocycles. The van der Waals surface area contributed by atoms with Gasteiger partial charge in [0.15, 0.2) is 0 Å². The van der Waals surface area contributed by atoms with Crippen molar-refractivity contribution in [3.63, 3.8) is 0 Å². The van der Waals surface area contributed by atoms with Gasteiger partial charge in [-0.1, -0.05) is 6.92 Å². The molecule has 3 heteroatoms. The van der Waals surface area contributed by atoms with Gasteiger partial charge in [-0.2, -0.15) is 0 Å². The van der Waals surface area contributed by atoms with Crippen LogP contribution in [0.4, 0.5) is 0 Å². The Labute approximate surface area is 98.2 Å². The molecule has 0 saturated heterocycles. The third-order valence-electron chi connectivity index (χ3n) is 4.50. The van der Waals surface area contributed by atoms with Crippen LogP contribution in [0.25, 0.3) is 0 Å². The van der Waals surface area contributed by atoms with E-state index >= 15 is 0 Å². The van der Waals surface area contributed by atoms with Crippen LogP contribution in [0.1, 0.15) is 52.9 Å². The Kier molecular flexibility index (Phi) is 2.77. The molecule has 2 fully saturated rings. The Morgan fingerprint density at radius 2 is 1.88 bits per heavy atom. The van der Waals surface area contributed by atoms with Gasteiger partial charge in [-0.05, 0) is 57.3 Å². The smallest absolute Gasteiger partial charge is 0.239 e. The van der Waals surface area contributed by atoms with E-state index in [4.69, 9.17) is 5.73 Å². The van der Waals surface area contributed by atoms with Gasteiger partial charge in [0.1, 0.15) is 0 Å². The number of hydrogen-bond donors (Lipinski definition) is 2. The quantitative estimate of drug-likeness (QED) is 0.751. The zero-order valence-electron chi connectivity index (χ0n) is 10.7. The average Bonchev–Trinajstić information content (AvgIpc) is 2.79. The summed E-state index contributed by atoms with van der Waals surface area (Å²) >= 11 is 0. The van der Waals surface area contributed by atoms with E-state index in [0.29, 0.717) is 11.5 Å². The highest BCUT2D eigenvalue weighted by atomic mass is 16.2. The summed E-state index contributed by atoms with van der Waals surface area (Å²) in [7, 11) is 0. The van der Waals surface area contributed by atoms with Gasteiger partial charge < -0.3 is 11.1 Å². The van der Waals surface area contributed by atoms with E-state index in [1.165, 1.54) is 19.3 Å². The van der Waals surface area contributed by atoms with Crippen molar-refractivity contribution in [1.82, 2.24) is 5.32 Å². The van der Waals surface area contributed by atoms with Crippen molar-refractivity contribution in [3.05, 3.63) is 0 Å². The largest absolute Gasteiger partial charge is 0.352 e. The topological polar surface area (TPSA) is 55.1 Å². The number of amides is 1. The number of nitrogens with one attached hydrogen (secondary N) is 1. The van der Waals surface area contributed by atoms with Gasteiger partial charge in [0, 0.05) is 6.04 Å². The Hall–Kier alpha value is -0.570. The number of hydrogen-bond acceptors (Lipinski definition) is 2. The third kappa shape index (κ3) is 2.24. The number of rotatable bonds is 2. The molecule has 3 nitrogen and oxygen atoms in total. The molecule has 2 saturated carbocycles. The molecule has 2 aliphatic carbocycles. The maximum atomic E-state index is 11.7.